The smallest absolute Gasteiger partial charge is 0.135 e. The average Bonchev–Trinajstić information content (AvgIpc) is 2.15. The second-order valence-electron chi connectivity index (χ2n) is 4.47. The summed E-state index contributed by atoms with van der Waals surface area (Å²) >= 11 is 0. The van der Waals surface area contributed by atoms with Gasteiger partial charge in [0.1, 0.15) is 5.78 Å². The number of nitrogens with two attached hydrogens (primary N) is 1. The Bertz CT molecular complexity index is 204. The highest BCUT2D eigenvalue weighted by Crippen LogP contribution is 2.29. The minimum Gasteiger partial charge on any atom is -0.325 e. The zero-order chi connectivity index (χ0) is 10.4. The first kappa shape index (κ1) is 11.4. The number of carbonyl (C=O) groups excluding carboxylic acids is 1. The van der Waals surface area contributed by atoms with E-state index in [1.165, 1.54) is 19.3 Å². The van der Waals surface area contributed by atoms with Gasteiger partial charge in [-0.15, -0.1) is 6.58 Å². The molecule has 0 saturated heterocycles. The van der Waals surface area contributed by atoms with Crippen molar-refractivity contribution in [1.29, 1.82) is 0 Å². The first-order valence-electron chi connectivity index (χ1n) is 5.58. The molecule has 0 radical (unpaired) electrons. The number of ketones is 1. The molecule has 0 bridgehead atoms. The van der Waals surface area contributed by atoms with E-state index in [2.05, 4.69) is 6.58 Å². The van der Waals surface area contributed by atoms with Crippen LogP contribution in [0.4, 0.5) is 0 Å². The van der Waals surface area contributed by atoms with Crippen molar-refractivity contribution in [3.05, 3.63) is 12.7 Å². The van der Waals surface area contributed by atoms with Gasteiger partial charge in [-0.25, -0.2) is 0 Å². The monoisotopic (exact) mass is 195 g/mol. The van der Waals surface area contributed by atoms with E-state index in [1.807, 2.05) is 0 Å². The van der Waals surface area contributed by atoms with Crippen molar-refractivity contribution in [2.24, 2.45) is 5.73 Å². The number of Topliss-reactive ketones (excluding diaryl/α,β-unsaturated/α-hetero) is 1. The second-order valence-corrected chi connectivity index (χ2v) is 4.47. The normalized spacial score (nSPS) is 20.4. The molecule has 1 aliphatic rings. The minimum absolute atomic E-state index is 0.184. The summed E-state index contributed by atoms with van der Waals surface area (Å²) in [5, 5.41) is 0. The Kier molecular flexibility index (Phi) is 4.33. The molecule has 80 valence electrons. The quantitative estimate of drug-likeness (QED) is 0.685. The van der Waals surface area contributed by atoms with Gasteiger partial charge in [0.2, 0.25) is 0 Å². The van der Waals surface area contributed by atoms with Gasteiger partial charge in [-0.2, -0.15) is 0 Å². The van der Waals surface area contributed by atoms with Crippen LogP contribution in [0.1, 0.15) is 51.4 Å². The zero-order valence-corrected chi connectivity index (χ0v) is 8.93. The lowest BCUT2D eigenvalue weighted by Gasteiger charge is -2.32. The Morgan fingerprint density at radius 2 is 2.00 bits per heavy atom. The summed E-state index contributed by atoms with van der Waals surface area (Å²) in [6.45, 7) is 3.61. The van der Waals surface area contributed by atoms with Crippen molar-refractivity contribution < 1.29 is 4.79 Å². The van der Waals surface area contributed by atoms with Crippen LogP contribution in [-0.4, -0.2) is 11.3 Å². The molecule has 1 saturated carbocycles. The molecule has 0 aromatic carbocycles. The van der Waals surface area contributed by atoms with Crippen LogP contribution in [0.5, 0.6) is 0 Å². The van der Waals surface area contributed by atoms with Crippen molar-refractivity contribution in [1.82, 2.24) is 0 Å². The molecule has 0 heterocycles. The average molecular weight is 195 g/mol. The van der Waals surface area contributed by atoms with Crippen LogP contribution in [0, 0.1) is 0 Å². The van der Waals surface area contributed by atoms with Gasteiger partial charge in [-0.1, -0.05) is 25.3 Å². The van der Waals surface area contributed by atoms with Gasteiger partial charge in [0.25, 0.3) is 0 Å². The van der Waals surface area contributed by atoms with Gasteiger partial charge in [-0.3, -0.25) is 4.79 Å². The maximum atomic E-state index is 11.5. The lowest BCUT2D eigenvalue weighted by atomic mass is 9.79. The zero-order valence-electron chi connectivity index (χ0n) is 8.93. The molecule has 0 aromatic rings. The van der Waals surface area contributed by atoms with E-state index in [-0.39, 0.29) is 5.54 Å². The van der Waals surface area contributed by atoms with Crippen molar-refractivity contribution >= 4 is 5.78 Å². The summed E-state index contributed by atoms with van der Waals surface area (Å²) in [4.78, 5) is 11.5. The van der Waals surface area contributed by atoms with Crippen molar-refractivity contribution in [3.8, 4) is 0 Å². The van der Waals surface area contributed by atoms with Crippen LogP contribution in [0.15, 0.2) is 12.7 Å². The fourth-order valence-corrected chi connectivity index (χ4v) is 2.18. The van der Waals surface area contributed by atoms with E-state index < -0.39 is 0 Å². The summed E-state index contributed by atoms with van der Waals surface area (Å²) in [6, 6.07) is 0. The van der Waals surface area contributed by atoms with E-state index >= 15 is 0 Å². The summed E-state index contributed by atoms with van der Waals surface area (Å²) in [6.07, 6.45) is 9.45. The molecule has 0 spiro atoms. The van der Waals surface area contributed by atoms with Crippen LogP contribution in [-0.2, 0) is 4.79 Å². The van der Waals surface area contributed by atoms with Gasteiger partial charge in [0.05, 0.1) is 0 Å². The lowest BCUT2D eigenvalue weighted by Crippen LogP contribution is -2.43. The Morgan fingerprint density at radius 3 is 2.57 bits per heavy atom. The molecule has 1 fully saturated rings. The molecule has 0 atom stereocenters. The molecule has 0 aliphatic heterocycles. The van der Waals surface area contributed by atoms with E-state index in [1.54, 1.807) is 6.08 Å². The lowest BCUT2D eigenvalue weighted by molar-refractivity contribution is -0.120. The number of hydrogen-bond acceptors (Lipinski definition) is 2. The minimum atomic E-state index is -0.184. The number of rotatable bonds is 5. The molecule has 14 heavy (non-hydrogen) atoms. The maximum absolute atomic E-state index is 11.5. The first-order chi connectivity index (χ1) is 6.66. The summed E-state index contributed by atoms with van der Waals surface area (Å²) in [7, 11) is 0. The third kappa shape index (κ3) is 3.62. The van der Waals surface area contributed by atoms with Crippen LogP contribution >= 0.6 is 0 Å². The molecule has 1 aliphatic carbocycles. The molecular formula is C12H21NO. The third-order valence-corrected chi connectivity index (χ3v) is 3.03. The van der Waals surface area contributed by atoms with Crippen molar-refractivity contribution in [3.63, 3.8) is 0 Å². The molecule has 0 amide bonds. The molecule has 2 heteroatoms. The Morgan fingerprint density at radius 1 is 1.36 bits per heavy atom. The predicted molar refractivity (Wildman–Crippen MR) is 59.1 cm³/mol. The van der Waals surface area contributed by atoms with E-state index in [0.29, 0.717) is 18.6 Å². The second kappa shape index (κ2) is 5.30. The molecular weight excluding hydrogens is 174 g/mol. The van der Waals surface area contributed by atoms with Crippen molar-refractivity contribution in [2.45, 2.75) is 56.9 Å². The first-order valence-corrected chi connectivity index (χ1v) is 5.58. The SMILES string of the molecule is C=CCCC(=O)CC1(N)CCCCC1. The number of allylic oxidation sites excluding steroid dienone is 1. The number of carbonyl (C=O) groups is 1. The molecule has 0 aromatic heterocycles. The van der Waals surface area contributed by atoms with Crippen molar-refractivity contribution in [2.75, 3.05) is 0 Å². The maximum Gasteiger partial charge on any atom is 0.135 e. The highest BCUT2D eigenvalue weighted by Gasteiger charge is 2.29. The van der Waals surface area contributed by atoms with Gasteiger partial charge in [0.15, 0.2) is 0 Å². The van der Waals surface area contributed by atoms with E-state index in [0.717, 1.165) is 19.3 Å². The van der Waals surface area contributed by atoms with Gasteiger partial charge in [0, 0.05) is 18.4 Å². The molecule has 2 N–H and O–H groups in total. The fraction of sp³-hybridized carbons (Fsp3) is 0.750. The largest absolute Gasteiger partial charge is 0.325 e. The van der Waals surface area contributed by atoms with Gasteiger partial charge < -0.3 is 5.73 Å². The molecule has 0 unspecified atom stereocenters. The van der Waals surface area contributed by atoms with E-state index in [4.69, 9.17) is 5.73 Å². The van der Waals surface area contributed by atoms with Crippen LogP contribution in [0.25, 0.3) is 0 Å². The highest BCUT2D eigenvalue weighted by atomic mass is 16.1. The summed E-state index contributed by atoms with van der Waals surface area (Å²) < 4.78 is 0. The van der Waals surface area contributed by atoms with Gasteiger partial charge >= 0.3 is 0 Å². The Balaban J connectivity index is 2.33. The third-order valence-electron chi connectivity index (χ3n) is 3.03. The summed E-state index contributed by atoms with van der Waals surface area (Å²) in [5.41, 5.74) is 6.00. The number of hydrogen-bond donors (Lipinski definition) is 1. The molecule has 2 nitrogen and oxygen atoms in total. The fourth-order valence-electron chi connectivity index (χ4n) is 2.18. The van der Waals surface area contributed by atoms with E-state index in [9.17, 15) is 4.79 Å². The Labute approximate surface area is 86.6 Å². The predicted octanol–water partition coefficient (Wildman–Crippen LogP) is 2.57. The summed E-state index contributed by atoms with van der Waals surface area (Å²) in [5.74, 6) is 0.300. The van der Waals surface area contributed by atoms with Gasteiger partial charge in [-0.05, 0) is 19.3 Å². The molecule has 1 rings (SSSR count). The standard InChI is InChI=1S/C12H21NO/c1-2-3-7-11(14)10-12(13)8-5-4-6-9-12/h2H,1,3-10,13H2. The highest BCUT2D eigenvalue weighted by molar-refractivity contribution is 5.79. The Hall–Kier alpha value is -0.630. The topological polar surface area (TPSA) is 43.1 Å². The van der Waals surface area contributed by atoms with Crippen LogP contribution in [0.3, 0.4) is 0 Å². The van der Waals surface area contributed by atoms with Crippen LogP contribution < -0.4 is 5.73 Å². The van der Waals surface area contributed by atoms with Crippen LogP contribution in [0.2, 0.25) is 0 Å².